The number of imidazole rings is 1. The molecule has 0 spiro atoms. The first-order chi connectivity index (χ1) is 17.6. The lowest BCUT2D eigenvalue weighted by Crippen LogP contribution is -2.44. The maximum Gasteiger partial charge on any atom is 0.490 e. The Kier molecular flexibility index (Phi) is 8.47. The fourth-order valence-electron chi connectivity index (χ4n) is 3.57. The van der Waals surface area contributed by atoms with Crippen LogP contribution >= 0.6 is 0 Å². The van der Waals surface area contributed by atoms with Gasteiger partial charge in [0, 0.05) is 31.7 Å². The van der Waals surface area contributed by atoms with Crippen molar-refractivity contribution < 1.29 is 27.5 Å². The average Bonchev–Trinajstić information content (AvgIpc) is 3.25. The summed E-state index contributed by atoms with van der Waals surface area (Å²) in [4.78, 5) is 28.9. The van der Waals surface area contributed by atoms with Crippen LogP contribution in [0.4, 0.5) is 23.5 Å². The number of carboxylic acids is 1. The minimum absolute atomic E-state index is 0.135. The third kappa shape index (κ3) is 6.23. The molecular formula is C23H21F4N7O3. The highest BCUT2D eigenvalue weighted by molar-refractivity contribution is 5.77. The lowest BCUT2D eigenvalue weighted by molar-refractivity contribution is -0.192. The largest absolute Gasteiger partial charge is 0.490 e. The number of anilines is 1. The number of piperazine rings is 1. The number of fused-ring (bicyclic) bond motifs is 1. The number of carbonyl (C=O) groups is 1. The Balaban J connectivity index is 0.000000479. The summed E-state index contributed by atoms with van der Waals surface area (Å²) in [6, 6.07) is 6.22. The van der Waals surface area contributed by atoms with Crippen LogP contribution in [0.5, 0.6) is 0 Å². The van der Waals surface area contributed by atoms with Crippen LogP contribution < -0.4 is 15.8 Å². The Morgan fingerprint density at radius 1 is 1.27 bits per heavy atom. The van der Waals surface area contributed by atoms with E-state index in [1.54, 1.807) is 11.5 Å². The number of hydrogen-bond acceptors (Lipinski definition) is 7. The first-order valence-electron chi connectivity index (χ1n) is 10.9. The number of rotatable bonds is 4. The summed E-state index contributed by atoms with van der Waals surface area (Å²) < 4.78 is 49.0. The van der Waals surface area contributed by atoms with Crippen molar-refractivity contribution >= 4 is 23.0 Å². The van der Waals surface area contributed by atoms with Crippen LogP contribution in [0.2, 0.25) is 0 Å². The van der Waals surface area contributed by atoms with Gasteiger partial charge in [-0.25, -0.2) is 18.9 Å². The topological polar surface area (TPSA) is 129 Å². The van der Waals surface area contributed by atoms with Crippen LogP contribution in [-0.2, 0) is 17.9 Å². The van der Waals surface area contributed by atoms with Crippen LogP contribution in [-0.4, -0.2) is 62.8 Å². The van der Waals surface area contributed by atoms with E-state index in [1.165, 1.54) is 29.1 Å². The van der Waals surface area contributed by atoms with Crippen molar-refractivity contribution in [1.82, 2.24) is 24.6 Å². The molecule has 2 N–H and O–H groups in total. The Labute approximate surface area is 207 Å². The predicted molar refractivity (Wildman–Crippen MR) is 124 cm³/mol. The van der Waals surface area contributed by atoms with Gasteiger partial charge in [0.25, 0.3) is 5.56 Å². The smallest absolute Gasteiger partial charge is 0.475 e. The van der Waals surface area contributed by atoms with Crippen LogP contribution in [0.3, 0.4) is 0 Å². The minimum Gasteiger partial charge on any atom is -0.475 e. The third-order valence-corrected chi connectivity index (χ3v) is 5.33. The van der Waals surface area contributed by atoms with Gasteiger partial charge in [-0.2, -0.15) is 23.5 Å². The number of nitrogens with zero attached hydrogens (tertiary/aromatic N) is 6. The van der Waals surface area contributed by atoms with Gasteiger partial charge in [-0.1, -0.05) is 12.0 Å². The molecule has 3 heterocycles. The molecule has 194 valence electrons. The Bertz CT molecular complexity index is 1460. The van der Waals surface area contributed by atoms with Crippen LogP contribution in [0.25, 0.3) is 11.0 Å². The van der Waals surface area contributed by atoms with Crippen LogP contribution in [0, 0.1) is 29.0 Å². The summed E-state index contributed by atoms with van der Waals surface area (Å²) in [5.74, 6) is 3.23. The van der Waals surface area contributed by atoms with E-state index in [2.05, 4.69) is 32.1 Å². The van der Waals surface area contributed by atoms with E-state index in [0.29, 0.717) is 23.5 Å². The van der Waals surface area contributed by atoms with Gasteiger partial charge in [0.05, 0.1) is 30.9 Å². The number of halogens is 4. The molecule has 10 nitrogen and oxygen atoms in total. The number of benzene rings is 1. The van der Waals surface area contributed by atoms with E-state index in [1.807, 2.05) is 6.07 Å². The second kappa shape index (κ2) is 11.5. The molecule has 0 bridgehead atoms. The molecular weight excluding hydrogens is 498 g/mol. The molecule has 1 aliphatic heterocycles. The van der Waals surface area contributed by atoms with Crippen LogP contribution in [0.1, 0.15) is 18.1 Å². The number of nitrogens with one attached hydrogen (secondary N) is 1. The summed E-state index contributed by atoms with van der Waals surface area (Å²) in [6.07, 6.45) is -3.58. The molecule has 4 rings (SSSR count). The molecule has 14 heteroatoms. The van der Waals surface area contributed by atoms with Crippen molar-refractivity contribution in [3.8, 4) is 17.9 Å². The molecule has 0 atom stereocenters. The zero-order valence-electron chi connectivity index (χ0n) is 19.5. The van der Waals surface area contributed by atoms with Crippen LogP contribution in [0.15, 0.2) is 29.2 Å². The second-order valence-electron chi connectivity index (χ2n) is 7.68. The van der Waals surface area contributed by atoms with Crippen molar-refractivity contribution in [1.29, 1.82) is 5.26 Å². The number of aliphatic carboxylic acids is 1. The Morgan fingerprint density at radius 2 is 1.95 bits per heavy atom. The van der Waals surface area contributed by atoms with Gasteiger partial charge in [0.15, 0.2) is 0 Å². The Morgan fingerprint density at radius 3 is 2.54 bits per heavy atom. The SMILES string of the molecule is CC#CCn1c(N2CCNCC2)nc2cnn(Cc3c(F)cccc3C#N)c(=O)c21.O=C(O)C(F)(F)F. The zero-order chi connectivity index (χ0) is 27.2. The molecule has 0 saturated carbocycles. The molecule has 3 aromatic rings. The van der Waals surface area contributed by atoms with Gasteiger partial charge >= 0.3 is 12.1 Å². The lowest BCUT2D eigenvalue weighted by Gasteiger charge is -2.28. The number of carboxylic acid groups (broad SMARTS) is 1. The van der Waals surface area contributed by atoms with E-state index in [-0.39, 0.29) is 17.7 Å². The average molecular weight is 519 g/mol. The number of aromatic nitrogens is 4. The molecule has 0 unspecified atom stereocenters. The van der Waals surface area contributed by atoms with Gasteiger partial charge in [-0.3, -0.25) is 9.36 Å². The molecule has 1 saturated heterocycles. The van der Waals surface area contributed by atoms with Crippen molar-refractivity contribution in [2.75, 3.05) is 31.1 Å². The molecule has 1 aromatic carbocycles. The van der Waals surface area contributed by atoms with Crippen molar-refractivity contribution in [2.24, 2.45) is 0 Å². The fraction of sp³-hybridized carbons (Fsp3) is 0.348. The molecule has 1 aliphatic rings. The molecule has 2 aromatic heterocycles. The van der Waals surface area contributed by atoms with Crippen molar-refractivity contribution in [2.45, 2.75) is 26.2 Å². The van der Waals surface area contributed by atoms with Gasteiger partial charge in [-0.05, 0) is 19.1 Å². The maximum absolute atomic E-state index is 14.3. The maximum atomic E-state index is 14.3. The predicted octanol–water partition coefficient (Wildman–Crippen LogP) is 1.72. The molecule has 37 heavy (non-hydrogen) atoms. The fourth-order valence-corrected chi connectivity index (χ4v) is 3.57. The van der Waals surface area contributed by atoms with E-state index in [4.69, 9.17) is 9.90 Å². The molecule has 0 radical (unpaired) electrons. The lowest BCUT2D eigenvalue weighted by atomic mass is 10.1. The molecule has 0 aliphatic carbocycles. The number of nitriles is 1. The summed E-state index contributed by atoms with van der Waals surface area (Å²) >= 11 is 0. The minimum atomic E-state index is -5.08. The molecule has 1 fully saturated rings. The summed E-state index contributed by atoms with van der Waals surface area (Å²) in [5.41, 5.74) is 0.755. The normalized spacial score (nSPS) is 13.2. The van der Waals surface area contributed by atoms with Gasteiger partial charge < -0.3 is 15.3 Å². The highest BCUT2D eigenvalue weighted by Gasteiger charge is 2.38. The third-order valence-electron chi connectivity index (χ3n) is 5.33. The van der Waals surface area contributed by atoms with E-state index >= 15 is 0 Å². The zero-order valence-corrected chi connectivity index (χ0v) is 19.5. The van der Waals surface area contributed by atoms with Gasteiger partial charge in [0.2, 0.25) is 5.95 Å². The van der Waals surface area contributed by atoms with E-state index in [0.717, 1.165) is 26.2 Å². The van der Waals surface area contributed by atoms with Crippen molar-refractivity contribution in [3.63, 3.8) is 0 Å². The molecule has 0 amide bonds. The van der Waals surface area contributed by atoms with Gasteiger partial charge in [-0.15, -0.1) is 5.92 Å². The first-order valence-corrected chi connectivity index (χ1v) is 10.9. The monoisotopic (exact) mass is 519 g/mol. The second-order valence-corrected chi connectivity index (χ2v) is 7.68. The van der Waals surface area contributed by atoms with Gasteiger partial charge in [0.1, 0.15) is 16.9 Å². The first kappa shape index (κ1) is 27.2. The Hall–Kier alpha value is -4.43. The standard InChI is InChI=1S/C21H20FN7O.C2HF3O2/c1-2-3-9-28-19-18(26-21(28)27-10-7-24-8-11-27)13-25-29(20(19)30)14-16-15(12-23)5-4-6-17(16)22;3-2(4,5)1(6)7/h4-6,13,24H,7-11,14H2,1H3;(H,6,7). The number of alkyl halides is 3. The summed E-state index contributed by atoms with van der Waals surface area (Å²) in [7, 11) is 0. The van der Waals surface area contributed by atoms with E-state index < -0.39 is 23.5 Å². The summed E-state index contributed by atoms with van der Waals surface area (Å²) in [6.45, 7) is 5.11. The highest BCUT2D eigenvalue weighted by Crippen LogP contribution is 2.21. The van der Waals surface area contributed by atoms with Crippen molar-refractivity contribution in [3.05, 3.63) is 51.7 Å². The highest BCUT2D eigenvalue weighted by atomic mass is 19.4. The number of hydrogen-bond donors (Lipinski definition) is 2. The van der Waals surface area contributed by atoms with E-state index in [9.17, 15) is 27.6 Å². The summed E-state index contributed by atoms with van der Waals surface area (Å²) in [5, 5.41) is 23.9. The quantitative estimate of drug-likeness (QED) is 0.394.